The Kier molecular flexibility index (Phi) is 4.79. The van der Waals surface area contributed by atoms with Crippen LogP contribution in [0.2, 0.25) is 0 Å². The number of piperidine rings is 1. The number of carbonyl (C=O) groups is 1. The SMILES string of the molecule is CN1CCCC(Nc2nnc(SCC(=O)O)s2)C1. The molecule has 6 nitrogen and oxygen atoms in total. The van der Waals surface area contributed by atoms with E-state index in [2.05, 4.69) is 27.5 Å². The van der Waals surface area contributed by atoms with Gasteiger partial charge in [-0.05, 0) is 26.4 Å². The quantitative estimate of drug-likeness (QED) is 0.789. The molecule has 0 radical (unpaired) electrons. The molecule has 2 rings (SSSR count). The Morgan fingerprint density at radius 3 is 3.22 bits per heavy atom. The molecule has 0 spiro atoms. The third-order valence-electron chi connectivity index (χ3n) is 2.68. The molecule has 1 aliphatic heterocycles. The summed E-state index contributed by atoms with van der Waals surface area (Å²) in [4.78, 5) is 12.7. The van der Waals surface area contributed by atoms with E-state index in [1.165, 1.54) is 29.5 Å². The Morgan fingerprint density at radius 1 is 1.67 bits per heavy atom. The first kappa shape index (κ1) is 13.6. The van der Waals surface area contributed by atoms with Gasteiger partial charge in [-0.2, -0.15) is 0 Å². The van der Waals surface area contributed by atoms with Crippen molar-refractivity contribution in [3.63, 3.8) is 0 Å². The Labute approximate surface area is 114 Å². The molecule has 1 aromatic rings. The maximum atomic E-state index is 10.4. The van der Waals surface area contributed by atoms with Gasteiger partial charge in [0, 0.05) is 12.6 Å². The lowest BCUT2D eigenvalue weighted by Crippen LogP contribution is -2.39. The molecule has 8 heteroatoms. The van der Waals surface area contributed by atoms with Crippen molar-refractivity contribution >= 4 is 34.2 Å². The molecule has 1 fully saturated rings. The molecule has 18 heavy (non-hydrogen) atoms. The molecule has 0 bridgehead atoms. The number of nitrogens with zero attached hydrogens (tertiary/aromatic N) is 3. The predicted octanol–water partition coefficient (Wildman–Crippen LogP) is 1.22. The van der Waals surface area contributed by atoms with Crippen LogP contribution in [-0.2, 0) is 4.79 Å². The summed E-state index contributed by atoms with van der Waals surface area (Å²) in [6, 6.07) is 0.411. The van der Waals surface area contributed by atoms with Crippen LogP contribution >= 0.6 is 23.1 Å². The molecule has 0 aliphatic carbocycles. The molecule has 1 atom stereocenters. The second-order valence-corrected chi connectivity index (χ2v) is 6.50. The molecular formula is C10H16N4O2S2. The summed E-state index contributed by atoms with van der Waals surface area (Å²) in [7, 11) is 2.11. The van der Waals surface area contributed by atoms with Gasteiger partial charge < -0.3 is 15.3 Å². The molecule has 100 valence electrons. The third kappa shape index (κ3) is 4.11. The van der Waals surface area contributed by atoms with E-state index < -0.39 is 5.97 Å². The van der Waals surface area contributed by atoms with E-state index in [-0.39, 0.29) is 5.75 Å². The zero-order chi connectivity index (χ0) is 13.0. The van der Waals surface area contributed by atoms with Crippen LogP contribution in [0.15, 0.2) is 4.34 Å². The number of anilines is 1. The minimum atomic E-state index is -0.835. The number of aromatic nitrogens is 2. The van der Waals surface area contributed by atoms with Crippen LogP contribution in [-0.4, -0.2) is 58.1 Å². The van der Waals surface area contributed by atoms with Crippen molar-refractivity contribution in [1.29, 1.82) is 0 Å². The number of thioether (sulfide) groups is 1. The molecule has 1 aromatic heterocycles. The van der Waals surface area contributed by atoms with Crippen LogP contribution in [0.3, 0.4) is 0 Å². The lowest BCUT2D eigenvalue weighted by Gasteiger charge is -2.29. The number of carboxylic acid groups (broad SMARTS) is 1. The number of likely N-dealkylation sites (N-methyl/N-ethyl adjacent to an activating group) is 1. The average Bonchev–Trinajstić information content (AvgIpc) is 2.74. The second kappa shape index (κ2) is 6.35. The highest BCUT2D eigenvalue weighted by molar-refractivity contribution is 8.01. The monoisotopic (exact) mass is 288 g/mol. The molecule has 0 saturated carbocycles. The number of carboxylic acids is 1. The van der Waals surface area contributed by atoms with Gasteiger partial charge in [0.05, 0.1) is 5.75 Å². The van der Waals surface area contributed by atoms with E-state index in [1.54, 1.807) is 0 Å². The van der Waals surface area contributed by atoms with Crippen LogP contribution < -0.4 is 5.32 Å². The molecule has 0 aromatic carbocycles. The Bertz CT molecular complexity index is 412. The summed E-state index contributed by atoms with van der Waals surface area (Å²) in [5.74, 6) is -0.806. The number of likely N-dealkylation sites (tertiary alicyclic amines) is 1. The van der Waals surface area contributed by atoms with E-state index in [0.29, 0.717) is 10.4 Å². The van der Waals surface area contributed by atoms with Gasteiger partial charge in [-0.1, -0.05) is 23.1 Å². The molecular weight excluding hydrogens is 272 g/mol. The van der Waals surface area contributed by atoms with Crippen LogP contribution in [0.5, 0.6) is 0 Å². The largest absolute Gasteiger partial charge is 0.481 e. The van der Waals surface area contributed by atoms with Crippen LogP contribution in [0.4, 0.5) is 5.13 Å². The minimum Gasteiger partial charge on any atom is -0.481 e. The second-order valence-electron chi connectivity index (χ2n) is 4.30. The number of nitrogens with one attached hydrogen (secondary N) is 1. The topological polar surface area (TPSA) is 78.3 Å². The summed E-state index contributed by atoms with van der Waals surface area (Å²) in [5, 5.41) is 20.7. The first-order chi connectivity index (χ1) is 8.63. The van der Waals surface area contributed by atoms with E-state index in [0.717, 1.165) is 24.6 Å². The lowest BCUT2D eigenvalue weighted by molar-refractivity contribution is -0.133. The van der Waals surface area contributed by atoms with Crippen molar-refractivity contribution in [3.05, 3.63) is 0 Å². The maximum absolute atomic E-state index is 10.4. The number of aliphatic carboxylic acids is 1. The third-order valence-corrected chi connectivity index (χ3v) is 4.65. The van der Waals surface area contributed by atoms with E-state index >= 15 is 0 Å². The van der Waals surface area contributed by atoms with Crippen molar-refractivity contribution in [2.24, 2.45) is 0 Å². The first-order valence-electron chi connectivity index (χ1n) is 5.76. The summed E-state index contributed by atoms with van der Waals surface area (Å²) < 4.78 is 0.698. The lowest BCUT2D eigenvalue weighted by atomic mass is 10.1. The van der Waals surface area contributed by atoms with Gasteiger partial charge in [-0.3, -0.25) is 4.79 Å². The highest BCUT2D eigenvalue weighted by Crippen LogP contribution is 2.26. The normalized spacial score (nSPS) is 20.8. The van der Waals surface area contributed by atoms with Crippen molar-refractivity contribution in [1.82, 2.24) is 15.1 Å². The van der Waals surface area contributed by atoms with E-state index in [9.17, 15) is 4.79 Å². The Balaban J connectivity index is 1.84. The molecule has 1 saturated heterocycles. The first-order valence-corrected chi connectivity index (χ1v) is 7.57. The Morgan fingerprint density at radius 2 is 2.50 bits per heavy atom. The average molecular weight is 288 g/mol. The van der Waals surface area contributed by atoms with Crippen molar-refractivity contribution in [2.75, 3.05) is 31.2 Å². The van der Waals surface area contributed by atoms with Crippen LogP contribution in [0.1, 0.15) is 12.8 Å². The summed E-state index contributed by atoms with van der Waals surface area (Å²) in [6.45, 7) is 2.16. The van der Waals surface area contributed by atoms with Crippen LogP contribution in [0.25, 0.3) is 0 Å². The van der Waals surface area contributed by atoms with Crippen molar-refractivity contribution < 1.29 is 9.90 Å². The maximum Gasteiger partial charge on any atom is 0.313 e. The zero-order valence-corrected chi connectivity index (χ0v) is 11.8. The summed E-state index contributed by atoms with van der Waals surface area (Å²) in [5.41, 5.74) is 0. The summed E-state index contributed by atoms with van der Waals surface area (Å²) in [6.07, 6.45) is 2.33. The van der Waals surface area contributed by atoms with Gasteiger partial charge in [0.15, 0.2) is 4.34 Å². The Hall–Kier alpha value is -0.860. The number of hydrogen-bond donors (Lipinski definition) is 2. The van der Waals surface area contributed by atoms with Crippen LogP contribution in [0, 0.1) is 0 Å². The molecule has 0 amide bonds. The molecule has 1 unspecified atom stereocenters. The highest BCUT2D eigenvalue weighted by atomic mass is 32.2. The summed E-state index contributed by atoms with van der Waals surface area (Å²) >= 11 is 2.62. The van der Waals surface area contributed by atoms with Gasteiger partial charge >= 0.3 is 5.97 Å². The fraction of sp³-hybridized carbons (Fsp3) is 0.700. The van der Waals surface area contributed by atoms with E-state index in [1.807, 2.05) is 0 Å². The van der Waals surface area contributed by atoms with E-state index in [4.69, 9.17) is 5.11 Å². The van der Waals surface area contributed by atoms with Crippen molar-refractivity contribution in [2.45, 2.75) is 23.2 Å². The minimum absolute atomic E-state index is 0.0286. The molecule has 2 N–H and O–H groups in total. The smallest absolute Gasteiger partial charge is 0.313 e. The fourth-order valence-electron chi connectivity index (χ4n) is 1.91. The van der Waals surface area contributed by atoms with Gasteiger partial charge in [-0.25, -0.2) is 0 Å². The van der Waals surface area contributed by atoms with Gasteiger partial charge in [-0.15, -0.1) is 10.2 Å². The predicted molar refractivity (Wildman–Crippen MR) is 72.4 cm³/mol. The number of hydrogen-bond acceptors (Lipinski definition) is 7. The molecule has 1 aliphatic rings. The van der Waals surface area contributed by atoms with Crippen molar-refractivity contribution in [3.8, 4) is 0 Å². The zero-order valence-electron chi connectivity index (χ0n) is 10.1. The molecule has 2 heterocycles. The fourth-order valence-corrected chi connectivity index (χ4v) is 3.46. The standard InChI is InChI=1S/C10H16N4O2S2/c1-14-4-2-3-7(5-14)11-9-12-13-10(18-9)17-6-8(15)16/h7H,2-6H2,1H3,(H,11,12)(H,15,16). The van der Waals surface area contributed by atoms with Gasteiger partial charge in [0.25, 0.3) is 0 Å². The number of rotatable bonds is 5. The highest BCUT2D eigenvalue weighted by Gasteiger charge is 2.18. The van der Waals surface area contributed by atoms with Gasteiger partial charge in [0.1, 0.15) is 0 Å². The van der Waals surface area contributed by atoms with Gasteiger partial charge in [0.2, 0.25) is 5.13 Å².